The van der Waals surface area contributed by atoms with E-state index in [-0.39, 0.29) is 21.9 Å². The Bertz CT molecular complexity index is 1360. The van der Waals surface area contributed by atoms with Crippen molar-refractivity contribution in [2.24, 2.45) is 0 Å². The minimum atomic E-state index is -1.22. The molecule has 2 aliphatic heterocycles. The van der Waals surface area contributed by atoms with Crippen LogP contribution in [0.2, 0.25) is 0 Å². The summed E-state index contributed by atoms with van der Waals surface area (Å²) in [6, 6.07) is 14.0. The highest BCUT2D eigenvalue weighted by Crippen LogP contribution is 2.34. The van der Waals surface area contributed by atoms with Crippen molar-refractivity contribution in [3.8, 4) is 11.5 Å². The van der Waals surface area contributed by atoms with Gasteiger partial charge in [0.25, 0.3) is 11.8 Å². The van der Waals surface area contributed by atoms with Crippen LogP contribution in [-0.4, -0.2) is 79.2 Å². The minimum absolute atomic E-state index is 0.114. The van der Waals surface area contributed by atoms with Crippen molar-refractivity contribution in [3.05, 3.63) is 69.5 Å². The van der Waals surface area contributed by atoms with Crippen molar-refractivity contribution < 1.29 is 48.5 Å². The number of thioether (sulfide) groups is 2. The van der Waals surface area contributed by atoms with Crippen LogP contribution in [0.15, 0.2) is 58.3 Å². The molecule has 218 valence electrons. The summed E-state index contributed by atoms with van der Waals surface area (Å²) in [6.45, 7) is -0.827. The lowest BCUT2D eigenvalue weighted by Crippen LogP contribution is -2.30. The van der Waals surface area contributed by atoms with Gasteiger partial charge in [-0.2, -0.15) is 10.1 Å². The van der Waals surface area contributed by atoms with Crippen molar-refractivity contribution in [2.45, 2.75) is 0 Å². The average molecular weight is 649 g/mol. The fourth-order valence-electron chi connectivity index (χ4n) is 3.31. The molecule has 4 rings (SSSR count). The lowest BCUT2D eigenvalue weighted by Gasteiger charge is -2.11. The van der Waals surface area contributed by atoms with E-state index in [1.54, 1.807) is 60.7 Å². The van der Waals surface area contributed by atoms with Crippen LogP contribution >= 0.6 is 48.0 Å². The Morgan fingerprint density at radius 3 is 1.38 bits per heavy atom. The molecule has 0 radical (unpaired) electrons. The first-order valence-corrected chi connectivity index (χ1v) is 14.3. The van der Waals surface area contributed by atoms with Crippen molar-refractivity contribution in [1.82, 2.24) is 10.1 Å². The summed E-state index contributed by atoms with van der Waals surface area (Å²) in [4.78, 5) is 56.7. The van der Waals surface area contributed by atoms with Crippen LogP contribution in [0.3, 0.4) is 0 Å². The fraction of sp³-hybridized carbons (Fsp3) is 0.154. The van der Waals surface area contributed by atoms with Crippen molar-refractivity contribution in [1.29, 1.82) is 0 Å². The highest BCUT2D eigenvalue weighted by molar-refractivity contribution is 8.27. The van der Waals surface area contributed by atoms with Crippen LogP contribution in [-0.2, 0) is 28.9 Å². The van der Waals surface area contributed by atoms with Crippen molar-refractivity contribution in [3.63, 3.8) is 0 Å². The molecule has 0 aliphatic carbocycles. The van der Waals surface area contributed by atoms with Crippen LogP contribution in [0.4, 0.5) is 0 Å². The molecule has 12 nitrogen and oxygen atoms in total. The van der Waals surface area contributed by atoms with Gasteiger partial charge in [-0.3, -0.25) is 19.3 Å². The molecule has 0 spiro atoms. The summed E-state index contributed by atoms with van der Waals surface area (Å²) in [5.74, 6) is -2.31. The van der Waals surface area contributed by atoms with Crippen LogP contribution in [0.1, 0.15) is 11.1 Å². The number of carbonyl (C=O) groups excluding carboxylic acids is 2. The maximum Gasteiger partial charge on any atom is 0.332 e. The number of aliphatic carboxylic acids is 2. The van der Waals surface area contributed by atoms with E-state index in [0.29, 0.717) is 32.4 Å². The van der Waals surface area contributed by atoms with Gasteiger partial charge in [-0.25, -0.2) is 9.59 Å². The Balaban J connectivity index is 1.22. The normalized spacial score (nSPS) is 17.0. The number of carboxylic acids is 2. The van der Waals surface area contributed by atoms with Crippen molar-refractivity contribution in [2.75, 3.05) is 26.4 Å². The molecular formula is C26H20N2O10S4. The number of hydrogen-bond acceptors (Lipinski definition) is 12. The SMILES string of the molecule is O=C(O)CON1C(=O)/C(=C/c2ccc(OCCOc3ccc(/C=C4\SC(=S)N(OCC(=O)O)C4=O)cc3)cc2)SC1=S. The van der Waals surface area contributed by atoms with E-state index in [1.165, 1.54) is 0 Å². The third-order valence-electron chi connectivity index (χ3n) is 5.13. The van der Waals surface area contributed by atoms with E-state index in [9.17, 15) is 19.2 Å². The van der Waals surface area contributed by atoms with Gasteiger partial charge >= 0.3 is 11.9 Å². The Labute approximate surface area is 257 Å². The zero-order valence-electron chi connectivity index (χ0n) is 21.3. The molecule has 42 heavy (non-hydrogen) atoms. The van der Waals surface area contributed by atoms with E-state index in [0.717, 1.165) is 33.7 Å². The largest absolute Gasteiger partial charge is 0.490 e. The lowest BCUT2D eigenvalue weighted by atomic mass is 10.2. The van der Waals surface area contributed by atoms with Gasteiger partial charge in [-0.15, -0.1) is 0 Å². The fourth-order valence-corrected chi connectivity index (χ4v) is 5.66. The highest BCUT2D eigenvalue weighted by Gasteiger charge is 2.34. The maximum absolute atomic E-state index is 12.4. The molecule has 2 aromatic rings. The van der Waals surface area contributed by atoms with Crippen LogP contribution in [0.25, 0.3) is 12.2 Å². The molecule has 0 unspecified atom stereocenters. The van der Waals surface area contributed by atoms with Gasteiger partial charge < -0.3 is 19.7 Å². The number of hydrogen-bond donors (Lipinski definition) is 2. The first kappa shape index (κ1) is 31.1. The second-order valence-corrected chi connectivity index (χ2v) is 11.5. The van der Waals surface area contributed by atoms with Crippen LogP contribution in [0.5, 0.6) is 11.5 Å². The quantitative estimate of drug-likeness (QED) is 0.185. The van der Waals surface area contributed by atoms with E-state index in [2.05, 4.69) is 0 Å². The van der Waals surface area contributed by atoms with Crippen LogP contribution in [0, 0.1) is 0 Å². The second-order valence-electron chi connectivity index (χ2n) is 8.12. The molecule has 16 heteroatoms. The van der Waals surface area contributed by atoms with E-state index in [4.69, 9.17) is 53.8 Å². The van der Waals surface area contributed by atoms with Gasteiger partial charge in [0.05, 0.1) is 9.81 Å². The molecule has 2 aromatic carbocycles. The Kier molecular flexibility index (Phi) is 10.7. The molecule has 2 N–H and O–H groups in total. The molecule has 2 amide bonds. The van der Waals surface area contributed by atoms with E-state index in [1.807, 2.05) is 0 Å². The summed E-state index contributed by atoms with van der Waals surface area (Å²) >= 11 is 12.2. The summed E-state index contributed by atoms with van der Waals surface area (Å²) in [6.07, 6.45) is 3.24. The standard InChI is InChI=1S/C26H20N2O10S4/c29-21(30)13-37-27-23(33)19(41-25(27)39)11-15-1-5-17(6-2-15)35-9-10-36-18-7-3-16(4-8-18)12-20-24(34)28(26(40)42-20)38-14-22(31)32/h1-8,11-12H,9-10,13-14H2,(H,29,30)(H,31,32)/b19-11-,20-12-. The molecule has 0 saturated carbocycles. The minimum Gasteiger partial charge on any atom is -0.490 e. The van der Waals surface area contributed by atoms with E-state index < -0.39 is 37.0 Å². The molecule has 0 atom stereocenters. The monoisotopic (exact) mass is 648 g/mol. The maximum atomic E-state index is 12.4. The van der Waals surface area contributed by atoms with Gasteiger partial charge in [-0.1, -0.05) is 47.8 Å². The molecule has 2 heterocycles. The van der Waals surface area contributed by atoms with Crippen molar-refractivity contribution >= 4 is 92.5 Å². The summed E-state index contributed by atoms with van der Waals surface area (Å²) in [5.41, 5.74) is 1.43. The predicted octanol–water partition coefficient (Wildman–Crippen LogP) is 3.58. The third-order valence-corrected chi connectivity index (χ3v) is 7.66. The Morgan fingerprint density at radius 2 is 1.05 bits per heavy atom. The highest BCUT2D eigenvalue weighted by atomic mass is 32.2. The number of carbonyl (C=O) groups is 4. The number of thiocarbonyl (C=S) groups is 2. The number of ether oxygens (including phenoxy) is 2. The number of carboxylic acid groups (broad SMARTS) is 2. The summed E-state index contributed by atoms with van der Waals surface area (Å²) < 4.78 is 11.6. The molecule has 2 saturated heterocycles. The van der Waals surface area contributed by atoms with Gasteiger partial charge in [-0.05, 0) is 72.0 Å². The number of rotatable bonds is 13. The van der Waals surface area contributed by atoms with Gasteiger partial charge in [0.1, 0.15) is 24.7 Å². The van der Waals surface area contributed by atoms with Gasteiger partial charge in [0.2, 0.25) is 0 Å². The van der Waals surface area contributed by atoms with Gasteiger partial charge in [0, 0.05) is 0 Å². The third kappa shape index (κ3) is 8.37. The number of benzene rings is 2. The Morgan fingerprint density at radius 1 is 0.690 bits per heavy atom. The molecular weight excluding hydrogens is 629 g/mol. The molecule has 0 bridgehead atoms. The average Bonchev–Trinajstić information content (AvgIpc) is 3.37. The Hall–Kier alpha value is -3.80. The van der Waals surface area contributed by atoms with Crippen LogP contribution < -0.4 is 9.47 Å². The summed E-state index contributed by atoms with van der Waals surface area (Å²) in [5, 5.41) is 19.0. The molecule has 0 aromatic heterocycles. The zero-order chi connectivity index (χ0) is 30.2. The smallest absolute Gasteiger partial charge is 0.332 e. The zero-order valence-corrected chi connectivity index (χ0v) is 24.6. The van der Waals surface area contributed by atoms with E-state index >= 15 is 0 Å². The number of hydroxylamine groups is 4. The molecule has 2 aliphatic rings. The number of amides is 2. The second kappa shape index (κ2) is 14.4. The molecule has 2 fully saturated rings. The first-order chi connectivity index (χ1) is 20.1. The summed E-state index contributed by atoms with van der Waals surface area (Å²) in [7, 11) is 0. The lowest BCUT2D eigenvalue weighted by molar-refractivity contribution is -0.169. The topological polar surface area (TPSA) is 152 Å². The first-order valence-electron chi connectivity index (χ1n) is 11.8. The predicted molar refractivity (Wildman–Crippen MR) is 161 cm³/mol. The van der Waals surface area contributed by atoms with Gasteiger partial charge in [0.15, 0.2) is 21.9 Å². The number of nitrogens with zero attached hydrogens (tertiary/aromatic N) is 2.